The Labute approximate surface area is 137 Å². The first-order valence-corrected chi connectivity index (χ1v) is 8.52. The zero-order valence-electron chi connectivity index (χ0n) is 13.5. The highest BCUT2D eigenvalue weighted by atomic mass is 16.2. The van der Waals surface area contributed by atoms with Crippen molar-refractivity contribution in [2.45, 2.75) is 25.8 Å². The van der Waals surface area contributed by atoms with Crippen molar-refractivity contribution in [2.24, 2.45) is 11.8 Å². The summed E-state index contributed by atoms with van der Waals surface area (Å²) in [5, 5.41) is 6.40. The van der Waals surface area contributed by atoms with Crippen molar-refractivity contribution in [3.8, 4) is 0 Å². The highest BCUT2D eigenvalue weighted by Gasteiger charge is 2.34. The molecule has 2 heterocycles. The Morgan fingerprint density at radius 2 is 2.13 bits per heavy atom. The van der Waals surface area contributed by atoms with Crippen LogP contribution in [0.3, 0.4) is 0 Å². The van der Waals surface area contributed by atoms with Crippen molar-refractivity contribution >= 4 is 11.8 Å². The van der Waals surface area contributed by atoms with Crippen molar-refractivity contribution in [2.75, 3.05) is 26.2 Å². The third kappa shape index (κ3) is 4.32. The Morgan fingerprint density at radius 3 is 2.87 bits per heavy atom. The van der Waals surface area contributed by atoms with Gasteiger partial charge in [-0.15, -0.1) is 0 Å². The average molecular weight is 315 g/mol. The van der Waals surface area contributed by atoms with E-state index in [0.29, 0.717) is 25.4 Å². The number of benzene rings is 1. The first kappa shape index (κ1) is 16.0. The molecule has 2 unspecified atom stereocenters. The van der Waals surface area contributed by atoms with Crippen LogP contribution in [-0.2, 0) is 16.1 Å². The molecule has 5 heteroatoms. The lowest BCUT2D eigenvalue weighted by molar-refractivity contribution is -0.129. The van der Waals surface area contributed by atoms with Gasteiger partial charge in [0.25, 0.3) is 0 Å². The second-order valence-corrected chi connectivity index (χ2v) is 6.62. The highest BCUT2D eigenvalue weighted by molar-refractivity contribution is 5.89. The van der Waals surface area contributed by atoms with Gasteiger partial charge in [-0.25, -0.2) is 0 Å². The molecule has 2 atom stereocenters. The molecule has 2 aliphatic heterocycles. The van der Waals surface area contributed by atoms with E-state index in [4.69, 9.17) is 0 Å². The van der Waals surface area contributed by atoms with E-state index in [-0.39, 0.29) is 17.7 Å². The molecule has 0 bridgehead atoms. The topological polar surface area (TPSA) is 61.4 Å². The maximum absolute atomic E-state index is 12.3. The van der Waals surface area contributed by atoms with Crippen LogP contribution >= 0.6 is 0 Å². The monoisotopic (exact) mass is 315 g/mol. The summed E-state index contributed by atoms with van der Waals surface area (Å²) in [6, 6.07) is 9.93. The van der Waals surface area contributed by atoms with Crippen LogP contribution in [0.2, 0.25) is 0 Å². The number of hydrogen-bond acceptors (Lipinski definition) is 3. The van der Waals surface area contributed by atoms with Gasteiger partial charge >= 0.3 is 0 Å². The standard InChI is InChI=1S/C18H25N3O2/c22-17-9-16(13-21(17)12-14-5-2-1-3-6-14)18(23)20-11-15-7-4-8-19-10-15/h1-3,5-6,15-16,19H,4,7-13H2,(H,20,23). The molecule has 2 amide bonds. The Kier molecular flexibility index (Phi) is 5.28. The van der Waals surface area contributed by atoms with Gasteiger partial charge in [-0.05, 0) is 37.4 Å². The largest absolute Gasteiger partial charge is 0.355 e. The van der Waals surface area contributed by atoms with Gasteiger partial charge in [0.2, 0.25) is 11.8 Å². The molecule has 2 aliphatic rings. The number of nitrogens with one attached hydrogen (secondary N) is 2. The minimum Gasteiger partial charge on any atom is -0.355 e. The van der Waals surface area contributed by atoms with E-state index in [1.165, 1.54) is 6.42 Å². The fourth-order valence-electron chi connectivity index (χ4n) is 3.39. The summed E-state index contributed by atoms with van der Waals surface area (Å²) in [7, 11) is 0. The van der Waals surface area contributed by atoms with Crippen LogP contribution in [0.15, 0.2) is 30.3 Å². The molecule has 2 N–H and O–H groups in total. The molecule has 0 spiro atoms. The third-order valence-electron chi connectivity index (χ3n) is 4.77. The summed E-state index contributed by atoms with van der Waals surface area (Å²) >= 11 is 0. The van der Waals surface area contributed by atoms with Crippen LogP contribution in [-0.4, -0.2) is 42.9 Å². The van der Waals surface area contributed by atoms with Crippen molar-refractivity contribution in [1.29, 1.82) is 0 Å². The zero-order chi connectivity index (χ0) is 16.1. The Bertz CT molecular complexity index is 540. The lowest BCUT2D eigenvalue weighted by Gasteiger charge is -2.23. The zero-order valence-corrected chi connectivity index (χ0v) is 13.5. The second kappa shape index (κ2) is 7.59. The quantitative estimate of drug-likeness (QED) is 0.857. The molecule has 23 heavy (non-hydrogen) atoms. The molecule has 124 valence electrons. The molecule has 2 saturated heterocycles. The first-order valence-electron chi connectivity index (χ1n) is 8.52. The minimum atomic E-state index is -0.206. The summed E-state index contributed by atoms with van der Waals surface area (Å²) in [5.74, 6) is 0.417. The molecule has 5 nitrogen and oxygen atoms in total. The predicted octanol–water partition coefficient (Wildman–Crippen LogP) is 1.15. The van der Waals surface area contributed by atoms with Crippen molar-refractivity contribution in [3.63, 3.8) is 0 Å². The maximum atomic E-state index is 12.3. The summed E-state index contributed by atoms with van der Waals surface area (Å²) in [5.41, 5.74) is 1.11. The number of rotatable bonds is 5. The van der Waals surface area contributed by atoms with Crippen LogP contribution in [0.5, 0.6) is 0 Å². The van der Waals surface area contributed by atoms with E-state index in [2.05, 4.69) is 10.6 Å². The molecule has 2 fully saturated rings. The maximum Gasteiger partial charge on any atom is 0.225 e. The van der Waals surface area contributed by atoms with Crippen LogP contribution in [0.4, 0.5) is 0 Å². The van der Waals surface area contributed by atoms with Gasteiger partial charge in [-0.1, -0.05) is 30.3 Å². The number of hydrogen-bond donors (Lipinski definition) is 2. The number of likely N-dealkylation sites (tertiary alicyclic amines) is 1. The summed E-state index contributed by atoms with van der Waals surface area (Å²) in [4.78, 5) is 26.2. The minimum absolute atomic E-state index is 0.0273. The van der Waals surface area contributed by atoms with Gasteiger partial charge in [0.05, 0.1) is 5.92 Å². The van der Waals surface area contributed by atoms with E-state index >= 15 is 0 Å². The van der Waals surface area contributed by atoms with Gasteiger partial charge in [0.15, 0.2) is 0 Å². The van der Waals surface area contributed by atoms with Crippen LogP contribution in [0, 0.1) is 11.8 Å². The number of amides is 2. The number of nitrogens with zero attached hydrogens (tertiary/aromatic N) is 1. The first-order chi connectivity index (χ1) is 11.2. The van der Waals surface area contributed by atoms with Crippen molar-refractivity contribution < 1.29 is 9.59 Å². The van der Waals surface area contributed by atoms with Gasteiger partial charge in [0.1, 0.15) is 0 Å². The van der Waals surface area contributed by atoms with E-state index in [0.717, 1.165) is 31.6 Å². The number of carbonyl (C=O) groups excluding carboxylic acids is 2. The highest BCUT2D eigenvalue weighted by Crippen LogP contribution is 2.20. The Balaban J connectivity index is 1.47. The third-order valence-corrected chi connectivity index (χ3v) is 4.77. The number of carbonyl (C=O) groups is 2. The Hall–Kier alpha value is -1.88. The van der Waals surface area contributed by atoms with Crippen LogP contribution in [0.1, 0.15) is 24.8 Å². The normalized spacial score (nSPS) is 24.7. The fraction of sp³-hybridized carbons (Fsp3) is 0.556. The second-order valence-electron chi connectivity index (χ2n) is 6.62. The summed E-state index contributed by atoms with van der Waals surface area (Å²) in [6.45, 7) is 3.90. The van der Waals surface area contributed by atoms with E-state index in [1.54, 1.807) is 4.90 Å². The fourth-order valence-corrected chi connectivity index (χ4v) is 3.39. The van der Waals surface area contributed by atoms with Gasteiger partial charge < -0.3 is 15.5 Å². The smallest absolute Gasteiger partial charge is 0.225 e. The molecule has 1 aromatic rings. The lowest BCUT2D eigenvalue weighted by atomic mass is 9.99. The molecule has 0 saturated carbocycles. The van der Waals surface area contributed by atoms with E-state index < -0.39 is 0 Å². The molecular formula is C18H25N3O2. The number of piperidine rings is 1. The molecular weight excluding hydrogens is 290 g/mol. The van der Waals surface area contributed by atoms with Gasteiger partial charge in [0, 0.05) is 26.1 Å². The van der Waals surface area contributed by atoms with Crippen molar-refractivity contribution in [3.05, 3.63) is 35.9 Å². The lowest BCUT2D eigenvalue weighted by Crippen LogP contribution is -2.40. The average Bonchev–Trinajstić information content (AvgIpc) is 2.95. The molecule has 1 aromatic carbocycles. The predicted molar refractivity (Wildman–Crippen MR) is 88.6 cm³/mol. The van der Waals surface area contributed by atoms with Crippen molar-refractivity contribution in [1.82, 2.24) is 15.5 Å². The Morgan fingerprint density at radius 1 is 1.30 bits per heavy atom. The molecule has 0 aliphatic carbocycles. The SMILES string of the molecule is O=C(NCC1CCCNC1)C1CC(=O)N(Cc2ccccc2)C1. The van der Waals surface area contributed by atoms with E-state index in [1.807, 2.05) is 30.3 Å². The molecule has 0 aromatic heterocycles. The van der Waals surface area contributed by atoms with Crippen LogP contribution in [0.25, 0.3) is 0 Å². The molecule has 0 radical (unpaired) electrons. The van der Waals surface area contributed by atoms with Crippen LogP contribution < -0.4 is 10.6 Å². The van der Waals surface area contributed by atoms with Gasteiger partial charge in [-0.2, -0.15) is 0 Å². The van der Waals surface area contributed by atoms with Gasteiger partial charge in [-0.3, -0.25) is 9.59 Å². The van der Waals surface area contributed by atoms with E-state index in [9.17, 15) is 9.59 Å². The molecule has 3 rings (SSSR count). The summed E-state index contributed by atoms with van der Waals surface area (Å²) < 4.78 is 0. The summed E-state index contributed by atoms with van der Waals surface area (Å²) in [6.07, 6.45) is 2.67.